The van der Waals surface area contributed by atoms with E-state index < -0.39 is 0 Å². The zero-order valence-corrected chi connectivity index (χ0v) is 19.1. The highest BCUT2D eigenvalue weighted by molar-refractivity contribution is 7.80. The van der Waals surface area contributed by atoms with E-state index in [-0.39, 0.29) is 0 Å². The smallest absolute Gasteiger partial charge is 0.0780 e. The zero-order chi connectivity index (χ0) is 19.0. The maximum atomic E-state index is 5.67. The Hall–Kier alpha value is -0.220. The molecule has 0 aromatic carbocycles. The molecule has 0 aromatic rings. The second kappa shape index (κ2) is 15.8. The van der Waals surface area contributed by atoms with Gasteiger partial charge in [-0.2, -0.15) is 0 Å². The predicted octanol–water partition coefficient (Wildman–Crippen LogP) is 6.76. The van der Waals surface area contributed by atoms with E-state index in [1.54, 1.807) is 0 Å². The van der Waals surface area contributed by atoms with Gasteiger partial charge in [0.15, 0.2) is 0 Å². The third-order valence-corrected chi connectivity index (χ3v) is 6.40. The molecule has 1 saturated heterocycles. The van der Waals surface area contributed by atoms with Crippen molar-refractivity contribution < 1.29 is 0 Å². The molecule has 0 spiro atoms. The van der Waals surface area contributed by atoms with Crippen LogP contribution in [0.5, 0.6) is 0 Å². The van der Waals surface area contributed by atoms with E-state index in [0.717, 1.165) is 39.0 Å². The van der Waals surface area contributed by atoms with Crippen molar-refractivity contribution in [1.29, 1.82) is 0 Å². The summed E-state index contributed by atoms with van der Waals surface area (Å²) in [7, 11) is 0. The molecule has 26 heavy (non-hydrogen) atoms. The van der Waals surface area contributed by atoms with E-state index in [4.69, 9.17) is 24.4 Å². The molecular formula is C22H42N2S2. The van der Waals surface area contributed by atoms with Crippen LogP contribution in [0.2, 0.25) is 0 Å². The van der Waals surface area contributed by atoms with Crippen LogP contribution in [0, 0.1) is 0 Å². The summed E-state index contributed by atoms with van der Waals surface area (Å²) in [5.74, 6) is 0. The first kappa shape index (κ1) is 23.8. The topological polar surface area (TPSA) is 6.48 Å². The normalized spacial score (nSPS) is 14.7. The number of hydrogen-bond acceptors (Lipinski definition) is 2. The molecule has 1 heterocycles. The fraction of sp³-hybridized carbons (Fsp3) is 0.909. The van der Waals surface area contributed by atoms with Gasteiger partial charge in [0.2, 0.25) is 0 Å². The maximum Gasteiger partial charge on any atom is 0.0780 e. The van der Waals surface area contributed by atoms with Crippen LogP contribution in [-0.4, -0.2) is 46.0 Å². The Kier molecular flexibility index (Phi) is 14.5. The Morgan fingerprint density at radius 1 is 0.538 bits per heavy atom. The van der Waals surface area contributed by atoms with Gasteiger partial charge >= 0.3 is 0 Å². The molecule has 4 heteroatoms. The molecule has 0 aromatic heterocycles. The predicted molar refractivity (Wildman–Crippen MR) is 124 cm³/mol. The van der Waals surface area contributed by atoms with Crippen LogP contribution < -0.4 is 0 Å². The second-order valence-electron chi connectivity index (χ2n) is 7.80. The molecule has 2 nitrogen and oxygen atoms in total. The summed E-state index contributed by atoms with van der Waals surface area (Å²) in [4.78, 5) is 7.21. The van der Waals surface area contributed by atoms with E-state index in [9.17, 15) is 0 Å². The number of hydrogen-bond donors (Lipinski definition) is 0. The van der Waals surface area contributed by atoms with Crippen molar-refractivity contribution in [3.8, 4) is 0 Å². The molecule has 0 atom stereocenters. The monoisotopic (exact) mass is 398 g/mol. The van der Waals surface area contributed by atoms with Crippen LogP contribution in [0.15, 0.2) is 0 Å². The molecule has 0 N–H and O–H groups in total. The fourth-order valence-corrected chi connectivity index (χ4v) is 4.29. The minimum Gasteiger partial charge on any atom is -0.363 e. The summed E-state index contributed by atoms with van der Waals surface area (Å²) >= 11 is 11.3. The van der Waals surface area contributed by atoms with Crippen LogP contribution in [-0.2, 0) is 0 Å². The van der Waals surface area contributed by atoms with Crippen LogP contribution in [0.1, 0.15) is 104 Å². The molecule has 0 radical (unpaired) electrons. The van der Waals surface area contributed by atoms with Gasteiger partial charge in [-0.25, -0.2) is 0 Å². The van der Waals surface area contributed by atoms with Gasteiger partial charge in [0.25, 0.3) is 0 Å². The molecule has 0 bridgehead atoms. The highest BCUT2D eigenvalue weighted by Crippen LogP contribution is 2.14. The first-order valence-electron chi connectivity index (χ1n) is 11.2. The quantitative estimate of drug-likeness (QED) is 0.235. The summed E-state index contributed by atoms with van der Waals surface area (Å²) in [6.07, 6.45) is 18.3. The Morgan fingerprint density at radius 3 is 1.19 bits per heavy atom. The molecule has 152 valence electrons. The van der Waals surface area contributed by atoms with Gasteiger partial charge in [-0.1, -0.05) is 102 Å². The Labute approximate surface area is 174 Å². The van der Waals surface area contributed by atoms with Crippen LogP contribution >= 0.6 is 24.4 Å². The average Bonchev–Trinajstić information content (AvgIpc) is 2.67. The standard InChI is InChI=1S/C22H42N2S2/c1-3-5-7-9-11-13-15-21(25)23-17-19-24(20-18-23)22(26)16-14-12-10-8-6-4-2/h3-20H2,1-2H3. The Morgan fingerprint density at radius 2 is 0.846 bits per heavy atom. The SMILES string of the molecule is CCCCCCCCC(=S)N1CCN(C(=S)CCCCCCCC)CC1. The molecule has 0 amide bonds. The van der Waals surface area contributed by atoms with Gasteiger partial charge in [-0.15, -0.1) is 0 Å². The van der Waals surface area contributed by atoms with E-state index in [2.05, 4.69) is 23.6 Å². The van der Waals surface area contributed by atoms with Crippen molar-refractivity contribution in [1.82, 2.24) is 9.80 Å². The largest absolute Gasteiger partial charge is 0.363 e. The van der Waals surface area contributed by atoms with Crippen molar-refractivity contribution in [3.63, 3.8) is 0 Å². The highest BCUT2D eigenvalue weighted by atomic mass is 32.1. The lowest BCUT2D eigenvalue weighted by Gasteiger charge is -2.37. The first-order valence-corrected chi connectivity index (χ1v) is 12.1. The van der Waals surface area contributed by atoms with Crippen molar-refractivity contribution in [2.24, 2.45) is 0 Å². The zero-order valence-electron chi connectivity index (χ0n) is 17.4. The van der Waals surface area contributed by atoms with E-state index in [0.29, 0.717) is 0 Å². The molecule has 1 aliphatic heterocycles. The van der Waals surface area contributed by atoms with Gasteiger partial charge < -0.3 is 9.80 Å². The van der Waals surface area contributed by atoms with Gasteiger partial charge in [0.1, 0.15) is 0 Å². The lowest BCUT2D eigenvalue weighted by molar-refractivity contribution is 0.258. The van der Waals surface area contributed by atoms with Crippen LogP contribution in [0.3, 0.4) is 0 Å². The Bertz CT molecular complexity index is 340. The Balaban J connectivity index is 2.07. The summed E-state index contributed by atoms with van der Waals surface area (Å²) in [6.45, 7) is 8.79. The van der Waals surface area contributed by atoms with E-state index in [1.165, 1.54) is 87.0 Å². The summed E-state index contributed by atoms with van der Waals surface area (Å²) in [6, 6.07) is 0. The number of thiocarbonyl (C=S) groups is 2. The van der Waals surface area contributed by atoms with Crippen molar-refractivity contribution >= 4 is 34.4 Å². The molecule has 1 rings (SSSR count). The van der Waals surface area contributed by atoms with Crippen LogP contribution in [0.4, 0.5) is 0 Å². The lowest BCUT2D eigenvalue weighted by Crippen LogP contribution is -2.49. The minimum absolute atomic E-state index is 1.06. The summed E-state index contributed by atoms with van der Waals surface area (Å²) in [5, 5.41) is 0. The van der Waals surface area contributed by atoms with Gasteiger partial charge in [0, 0.05) is 26.2 Å². The first-order chi connectivity index (χ1) is 12.7. The lowest BCUT2D eigenvalue weighted by atomic mass is 10.1. The second-order valence-corrected chi connectivity index (χ2v) is 8.74. The molecule has 1 aliphatic rings. The maximum absolute atomic E-state index is 5.67. The van der Waals surface area contributed by atoms with Gasteiger partial charge in [0.05, 0.1) is 9.98 Å². The number of unbranched alkanes of at least 4 members (excludes halogenated alkanes) is 10. The summed E-state index contributed by atoms with van der Waals surface area (Å²) in [5.41, 5.74) is 0. The van der Waals surface area contributed by atoms with Crippen molar-refractivity contribution in [3.05, 3.63) is 0 Å². The third-order valence-electron chi connectivity index (χ3n) is 5.47. The van der Waals surface area contributed by atoms with Crippen molar-refractivity contribution in [2.45, 2.75) is 104 Å². The molecule has 0 saturated carbocycles. The number of rotatable bonds is 14. The molecule has 0 unspecified atom stereocenters. The van der Waals surface area contributed by atoms with E-state index in [1.807, 2.05) is 0 Å². The molecule has 1 fully saturated rings. The fourth-order valence-electron chi connectivity index (χ4n) is 3.63. The molecular weight excluding hydrogens is 356 g/mol. The van der Waals surface area contributed by atoms with E-state index >= 15 is 0 Å². The number of piperazine rings is 1. The van der Waals surface area contributed by atoms with Crippen LogP contribution in [0.25, 0.3) is 0 Å². The van der Waals surface area contributed by atoms with Gasteiger partial charge in [-0.05, 0) is 25.7 Å². The highest BCUT2D eigenvalue weighted by Gasteiger charge is 2.19. The average molecular weight is 399 g/mol. The minimum atomic E-state index is 1.06. The van der Waals surface area contributed by atoms with Crippen molar-refractivity contribution in [2.75, 3.05) is 26.2 Å². The number of nitrogens with zero attached hydrogens (tertiary/aromatic N) is 2. The summed E-state index contributed by atoms with van der Waals surface area (Å²) < 4.78 is 0. The molecule has 0 aliphatic carbocycles. The third kappa shape index (κ3) is 10.8. The van der Waals surface area contributed by atoms with Gasteiger partial charge in [-0.3, -0.25) is 0 Å².